The zero-order chi connectivity index (χ0) is 19.7. The van der Waals surface area contributed by atoms with Crippen molar-refractivity contribution in [2.75, 3.05) is 0 Å². The average molecular weight is 372 g/mol. The van der Waals surface area contributed by atoms with Gasteiger partial charge in [0.2, 0.25) is 0 Å². The van der Waals surface area contributed by atoms with Crippen LogP contribution in [-0.2, 0) is 6.54 Å². The largest absolute Gasteiger partial charge is 0.329 e. The van der Waals surface area contributed by atoms with E-state index >= 15 is 0 Å². The minimum Gasteiger partial charge on any atom is -0.329 e. The van der Waals surface area contributed by atoms with Crippen LogP contribution in [0.5, 0.6) is 0 Å². The molecule has 2 N–H and O–H groups in total. The molecule has 0 spiro atoms. The molecule has 6 nitrogen and oxygen atoms in total. The highest BCUT2D eigenvalue weighted by molar-refractivity contribution is 5.47. The van der Waals surface area contributed by atoms with E-state index in [1.165, 1.54) is 24.5 Å². The van der Waals surface area contributed by atoms with E-state index in [0.717, 1.165) is 11.8 Å². The van der Waals surface area contributed by atoms with Crippen LogP contribution >= 0.6 is 0 Å². The molecule has 3 aromatic rings. The molecular weight excluding hydrogens is 354 g/mol. The first kappa shape index (κ1) is 18.5. The summed E-state index contributed by atoms with van der Waals surface area (Å²) in [6.45, 7) is 7.46. The second-order valence-corrected chi connectivity index (χ2v) is 6.48. The number of halogens is 2. The molecular formula is C19H18F2N4O2. The van der Waals surface area contributed by atoms with Crippen LogP contribution in [0.2, 0.25) is 0 Å². The topological polar surface area (TPSA) is 83.5 Å². The minimum atomic E-state index is -0.643. The maximum Gasteiger partial charge on any atom is 0.272 e. The lowest BCUT2D eigenvalue weighted by atomic mass is 10.1. The molecule has 2 aromatic heterocycles. The van der Waals surface area contributed by atoms with Crippen molar-refractivity contribution < 1.29 is 8.78 Å². The lowest BCUT2D eigenvalue weighted by Crippen LogP contribution is -2.46. The zero-order valence-corrected chi connectivity index (χ0v) is 14.8. The predicted molar refractivity (Wildman–Crippen MR) is 97.8 cm³/mol. The van der Waals surface area contributed by atoms with Crippen LogP contribution in [0, 0.1) is 11.6 Å². The lowest BCUT2D eigenvalue weighted by Gasteiger charge is -2.12. The van der Waals surface area contributed by atoms with Crippen LogP contribution < -0.4 is 21.8 Å². The third kappa shape index (κ3) is 3.79. The van der Waals surface area contributed by atoms with Gasteiger partial charge in [-0.3, -0.25) is 9.59 Å². The Morgan fingerprint density at radius 3 is 2.63 bits per heavy atom. The van der Waals surface area contributed by atoms with E-state index in [4.69, 9.17) is 0 Å². The van der Waals surface area contributed by atoms with Crippen LogP contribution in [0.1, 0.15) is 36.7 Å². The van der Waals surface area contributed by atoms with Gasteiger partial charge in [-0.2, -0.15) is 0 Å². The Balaban J connectivity index is 2.10. The molecule has 0 saturated heterocycles. The standard InChI is InChI=1S/C19H18F2N4O2/c1-10(2)17-15(7-16-19(27)23-11(3)18(26)24-16)22-9-25(17)8-12-4-5-13(20)6-14(12)21/h4-7,9-10H,3,8H2,1-2H3,(H,23,27)(H,24,26). The third-order valence-corrected chi connectivity index (χ3v) is 4.12. The molecule has 27 heavy (non-hydrogen) atoms. The zero-order valence-electron chi connectivity index (χ0n) is 14.8. The third-order valence-electron chi connectivity index (χ3n) is 4.12. The fourth-order valence-electron chi connectivity index (χ4n) is 2.86. The second-order valence-electron chi connectivity index (χ2n) is 6.48. The van der Waals surface area contributed by atoms with Gasteiger partial charge in [0.15, 0.2) is 0 Å². The number of nitrogens with one attached hydrogen (secondary N) is 2. The summed E-state index contributed by atoms with van der Waals surface area (Å²) >= 11 is 0. The predicted octanol–water partition coefficient (Wildman–Crippen LogP) is 0.949. The van der Waals surface area contributed by atoms with Gasteiger partial charge in [-0.1, -0.05) is 26.5 Å². The molecule has 3 rings (SSSR count). The van der Waals surface area contributed by atoms with Gasteiger partial charge in [-0.25, -0.2) is 13.8 Å². The van der Waals surface area contributed by atoms with Crippen molar-refractivity contribution >= 4 is 12.7 Å². The van der Waals surface area contributed by atoms with Crippen molar-refractivity contribution in [3.05, 3.63) is 84.5 Å². The average Bonchev–Trinajstić information content (AvgIpc) is 2.98. The molecule has 0 radical (unpaired) electrons. The highest BCUT2D eigenvalue weighted by Crippen LogP contribution is 2.21. The molecule has 0 fully saturated rings. The minimum absolute atomic E-state index is 0.000165. The number of imidazole rings is 1. The number of nitrogens with zero attached hydrogens (tertiary/aromatic N) is 2. The SMILES string of the molecule is C=c1[nH]c(=O)c(=Cc2ncn(Cc3ccc(F)cc3F)c2C(C)C)[nH]c1=O. The Morgan fingerprint density at radius 1 is 1.22 bits per heavy atom. The molecule has 1 aromatic carbocycles. The van der Waals surface area contributed by atoms with Crippen molar-refractivity contribution in [2.45, 2.75) is 26.3 Å². The molecule has 0 aliphatic carbocycles. The van der Waals surface area contributed by atoms with Gasteiger partial charge >= 0.3 is 0 Å². The van der Waals surface area contributed by atoms with E-state index in [1.807, 2.05) is 13.8 Å². The lowest BCUT2D eigenvalue weighted by molar-refractivity contribution is 0.562. The van der Waals surface area contributed by atoms with Crippen molar-refractivity contribution in [1.29, 1.82) is 0 Å². The summed E-state index contributed by atoms with van der Waals surface area (Å²) in [6.07, 6.45) is 2.98. The quantitative estimate of drug-likeness (QED) is 0.715. The summed E-state index contributed by atoms with van der Waals surface area (Å²) < 4.78 is 28.8. The monoisotopic (exact) mass is 372 g/mol. The van der Waals surface area contributed by atoms with Gasteiger partial charge < -0.3 is 14.5 Å². The Morgan fingerprint density at radius 2 is 1.96 bits per heavy atom. The van der Waals surface area contributed by atoms with E-state index in [1.54, 1.807) is 4.57 Å². The highest BCUT2D eigenvalue weighted by atomic mass is 19.1. The fourth-order valence-corrected chi connectivity index (χ4v) is 2.86. The van der Waals surface area contributed by atoms with E-state index in [0.29, 0.717) is 11.3 Å². The molecule has 0 bridgehead atoms. The Kier molecular flexibility index (Phi) is 4.89. The van der Waals surface area contributed by atoms with Gasteiger partial charge in [-0.15, -0.1) is 0 Å². The maximum absolute atomic E-state index is 14.0. The van der Waals surface area contributed by atoms with Gasteiger partial charge in [-0.05, 0) is 18.1 Å². The molecule has 0 unspecified atom stereocenters. The Hall–Kier alpha value is -3.29. The summed E-state index contributed by atoms with van der Waals surface area (Å²) in [5.41, 5.74) is 0.547. The number of aromatic nitrogens is 4. The molecule has 0 amide bonds. The first-order valence-corrected chi connectivity index (χ1v) is 8.28. The molecule has 8 heteroatoms. The number of hydrogen-bond acceptors (Lipinski definition) is 3. The van der Waals surface area contributed by atoms with Gasteiger partial charge in [0.1, 0.15) is 17.0 Å². The van der Waals surface area contributed by atoms with Gasteiger partial charge in [0, 0.05) is 17.3 Å². The van der Waals surface area contributed by atoms with Crippen molar-refractivity contribution in [3.63, 3.8) is 0 Å². The number of benzene rings is 1. The van der Waals surface area contributed by atoms with Crippen LogP contribution in [-0.4, -0.2) is 19.5 Å². The number of H-pyrrole nitrogens is 2. The van der Waals surface area contributed by atoms with Gasteiger partial charge in [0.25, 0.3) is 11.1 Å². The Bertz CT molecular complexity index is 1220. The summed E-state index contributed by atoms with van der Waals surface area (Å²) in [5, 5.41) is 0.0195. The summed E-state index contributed by atoms with van der Waals surface area (Å²) in [6, 6.07) is 3.41. The van der Waals surface area contributed by atoms with E-state index in [2.05, 4.69) is 21.5 Å². The number of rotatable bonds is 4. The van der Waals surface area contributed by atoms with Crippen molar-refractivity contribution in [2.24, 2.45) is 0 Å². The first-order valence-electron chi connectivity index (χ1n) is 8.28. The van der Waals surface area contributed by atoms with Crippen LogP contribution in [0.4, 0.5) is 8.78 Å². The molecule has 0 saturated carbocycles. The van der Waals surface area contributed by atoms with Crippen LogP contribution in [0.15, 0.2) is 34.1 Å². The first-order chi connectivity index (χ1) is 12.8. The van der Waals surface area contributed by atoms with Crippen LogP contribution in [0.25, 0.3) is 12.7 Å². The molecule has 0 aliphatic heterocycles. The normalized spacial score (nSPS) is 12.1. The fraction of sp³-hybridized carbons (Fsp3) is 0.211. The molecule has 0 aliphatic rings. The molecule has 140 valence electrons. The van der Waals surface area contributed by atoms with E-state index < -0.39 is 22.8 Å². The van der Waals surface area contributed by atoms with E-state index in [9.17, 15) is 18.4 Å². The van der Waals surface area contributed by atoms with Gasteiger partial charge in [0.05, 0.1) is 23.9 Å². The van der Waals surface area contributed by atoms with E-state index in [-0.39, 0.29) is 23.2 Å². The summed E-state index contributed by atoms with van der Waals surface area (Å²) in [4.78, 5) is 32.9. The number of hydrogen-bond donors (Lipinski definition) is 2. The summed E-state index contributed by atoms with van der Waals surface area (Å²) in [7, 11) is 0. The summed E-state index contributed by atoms with van der Waals surface area (Å²) in [5.74, 6) is -1.28. The Labute approximate surface area is 152 Å². The molecule has 2 heterocycles. The maximum atomic E-state index is 14.0. The van der Waals surface area contributed by atoms with Crippen molar-refractivity contribution in [1.82, 2.24) is 19.5 Å². The second kappa shape index (κ2) is 7.14. The highest BCUT2D eigenvalue weighted by Gasteiger charge is 2.15. The molecule has 0 atom stereocenters. The van der Waals surface area contributed by atoms with Crippen LogP contribution in [0.3, 0.4) is 0 Å². The smallest absolute Gasteiger partial charge is 0.272 e. The number of aromatic amines is 2. The van der Waals surface area contributed by atoms with Crippen molar-refractivity contribution in [3.8, 4) is 0 Å².